The van der Waals surface area contributed by atoms with Crippen molar-refractivity contribution in [1.82, 2.24) is 0 Å². The molecule has 0 aliphatic heterocycles. The molecule has 0 amide bonds. The largest absolute Gasteiger partial charge is 0.391 e. The molecule has 0 aliphatic rings. The second-order valence-corrected chi connectivity index (χ2v) is 3.46. The monoisotopic (exact) mass is 178 g/mol. The molecule has 12 heavy (non-hydrogen) atoms. The van der Waals surface area contributed by atoms with Crippen molar-refractivity contribution >= 4 is 0 Å². The van der Waals surface area contributed by atoms with Gasteiger partial charge in [-0.1, -0.05) is 13.8 Å². The van der Waals surface area contributed by atoms with Crippen LogP contribution in [0.1, 0.15) is 20.8 Å². The smallest absolute Gasteiger partial charge is 0.108 e. The Hall–Kier alpha value is -0.160. The van der Waals surface area contributed by atoms with Gasteiger partial charge in [0.25, 0.3) is 0 Å². The summed E-state index contributed by atoms with van der Waals surface area (Å²) >= 11 is 0. The average Bonchev–Trinajstić information content (AvgIpc) is 2.00. The van der Waals surface area contributed by atoms with Crippen LogP contribution in [-0.2, 0) is 0 Å². The highest BCUT2D eigenvalue weighted by Crippen LogP contribution is 2.11. The zero-order chi connectivity index (χ0) is 9.89. The lowest BCUT2D eigenvalue weighted by molar-refractivity contribution is -0.111. The highest BCUT2D eigenvalue weighted by molar-refractivity contribution is 4.80. The molecule has 0 fully saturated rings. The summed E-state index contributed by atoms with van der Waals surface area (Å²) in [5.41, 5.74) is 0. The molecule has 0 saturated carbocycles. The molecular weight excluding hydrogens is 160 g/mol. The van der Waals surface area contributed by atoms with Crippen molar-refractivity contribution in [3.05, 3.63) is 0 Å². The Labute approximate surface area is 72.5 Å². The minimum Gasteiger partial charge on any atom is -0.391 e. The van der Waals surface area contributed by atoms with Gasteiger partial charge in [-0.25, -0.2) is 0 Å². The van der Waals surface area contributed by atoms with E-state index in [9.17, 15) is 10.2 Å². The van der Waals surface area contributed by atoms with Gasteiger partial charge in [-0.2, -0.15) is 0 Å². The third-order valence-electron chi connectivity index (χ3n) is 1.88. The van der Waals surface area contributed by atoms with Gasteiger partial charge in [0, 0.05) is 0 Å². The van der Waals surface area contributed by atoms with Crippen LogP contribution in [0, 0.1) is 5.92 Å². The molecule has 4 N–H and O–H groups in total. The molecular formula is C8H18O4. The van der Waals surface area contributed by atoms with Crippen LogP contribution in [0.5, 0.6) is 0 Å². The molecule has 0 saturated heterocycles. The van der Waals surface area contributed by atoms with Crippen LogP contribution in [0.3, 0.4) is 0 Å². The summed E-state index contributed by atoms with van der Waals surface area (Å²) in [6, 6.07) is 0. The van der Waals surface area contributed by atoms with Gasteiger partial charge in [-0.15, -0.1) is 0 Å². The highest BCUT2D eigenvalue weighted by Gasteiger charge is 2.29. The first-order valence-corrected chi connectivity index (χ1v) is 4.10. The second kappa shape index (κ2) is 4.77. The van der Waals surface area contributed by atoms with Crippen LogP contribution in [0.25, 0.3) is 0 Å². The van der Waals surface area contributed by atoms with Gasteiger partial charge in [0.15, 0.2) is 0 Å². The Bertz CT molecular complexity index is 110. The van der Waals surface area contributed by atoms with Gasteiger partial charge in [-0.3, -0.25) is 0 Å². The van der Waals surface area contributed by atoms with E-state index >= 15 is 0 Å². The molecule has 74 valence electrons. The minimum atomic E-state index is -1.29. The molecule has 0 heterocycles. The van der Waals surface area contributed by atoms with Crippen molar-refractivity contribution in [3.63, 3.8) is 0 Å². The van der Waals surface area contributed by atoms with Crippen LogP contribution in [0.2, 0.25) is 0 Å². The molecule has 0 aromatic rings. The Morgan fingerprint density at radius 1 is 0.667 bits per heavy atom. The summed E-state index contributed by atoms with van der Waals surface area (Å²) in [4.78, 5) is 0. The molecule has 0 aliphatic carbocycles. The summed E-state index contributed by atoms with van der Waals surface area (Å²) < 4.78 is 0. The Morgan fingerprint density at radius 3 is 1.33 bits per heavy atom. The molecule has 0 bridgehead atoms. The number of aliphatic hydroxyl groups is 4. The Kier molecular flexibility index (Phi) is 4.70. The van der Waals surface area contributed by atoms with Crippen LogP contribution in [0.4, 0.5) is 0 Å². The predicted molar refractivity (Wildman–Crippen MR) is 44.5 cm³/mol. The molecule has 0 radical (unpaired) electrons. The fourth-order valence-corrected chi connectivity index (χ4v) is 0.882. The molecule has 4 nitrogen and oxygen atoms in total. The first kappa shape index (κ1) is 11.8. The zero-order valence-corrected chi connectivity index (χ0v) is 7.68. The number of rotatable bonds is 4. The van der Waals surface area contributed by atoms with Crippen LogP contribution >= 0.6 is 0 Å². The molecule has 0 spiro atoms. The van der Waals surface area contributed by atoms with E-state index in [0.717, 1.165) is 0 Å². The quantitative estimate of drug-likeness (QED) is 0.450. The SMILES string of the molecule is CC(C)[C@@H](O)[C@H](O)[C@@H](O)[C@H](C)O. The van der Waals surface area contributed by atoms with Crippen LogP contribution < -0.4 is 0 Å². The summed E-state index contributed by atoms with van der Waals surface area (Å²) in [5, 5.41) is 36.6. The maximum Gasteiger partial charge on any atom is 0.108 e. The summed E-state index contributed by atoms with van der Waals surface area (Å²) in [6.45, 7) is 4.81. The van der Waals surface area contributed by atoms with Crippen molar-refractivity contribution in [2.75, 3.05) is 0 Å². The van der Waals surface area contributed by atoms with E-state index in [-0.39, 0.29) is 5.92 Å². The molecule has 0 unspecified atom stereocenters. The summed E-state index contributed by atoms with van der Waals surface area (Å²) in [6.07, 6.45) is -4.62. The lowest BCUT2D eigenvalue weighted by atomic mass is 9.96. The topological polar surface area (TPSA) is 80.9 Å². The van der Waals surface area contributed by atoms with E-state index in [1.54, 1.807) is 13.8 Å². The number of aliphatic hydroxyl groups excluding tert-OH is 4. The van der Waals surface area contributed by atoms with E-state index in [0.29, 0.717) is 0 Å². The van der Waals surface area contributed by atoms with Crippen molar-refractivity contribution in [3.8, 4) is 0 Å². The van der Waals surface area contributed by atoms with Crippen LogP contribution in [-0.4, -0.2) is 44.8 Å². The number of hydrogen-bond acceptors (Lipinski definition) is 4. The molecule has 0 rings (SSSR count). The van der Waals surface area contributed by atoms with E-state index in [1.807, 2.05) is 0 Å². The molecule has 4 heteroatoms. The average molecular weight is 178 g/mol. The van der Waals surface area contributed by atoms with Crippen molar-refractivity contribution in [2.45, 2.75) is 45.2 Å². The van der Waals surface area contributed by atoms with Gasteiger partial charge < -0.3 is 20.4 Å². The molecule has 0 aromatic carbocycles. The van der Waals surface area contributed by atoms with Crippen molar-refractivity contribution < 1.29 is 20.4 Å². The normalized spacial score (nSPS) is 22.0. The molecule has 4 atom stereocenters. The summed E-state index contributed by atoms with van der Waals surface area (Å²) in [5.74, 6) is -0.145. The maximum atomic E-state index is 9.29. The van der Waals surface area contributed by atoms with Gasteiger partial charge >= 0.3 is 0 Å². The minimum absolute atomic E-state index is 0.145. The third kappa shape index (κ3) is 3.06. The van der Waals surface area contributed by atoms with Gasteiger partial charge in [-0.05, 0) is 12.8 Å². The fourth-order valence-electron chi connectivity index (χ4n) is 0.882. The highest BCUT2D eigenvalue weighted by atomic mass is 16.4. The van der Waals surface area contributed by atoms with Gasteiger partial charge in [0.05, 0.1) is 12.2 Å². The van der Waals surface area contributed by atoms with Crippen molar-refractivity contribution in [2.24, 2.45) is 5.92 Å². The van der Waals surface area contributed by atoms with Crippen molar-refractivity contribution in [1.29, 1.82) is 0 Å². The van der Waals surface area contributed by atoms with E-state index in [1.165, 1.54) is 6.92 Å². The van der Waals surface area contributed by atoms with Crippen LogP contribution in [0.15, 0.2) is 0 Å². The van der Waals surface area contributed by atoms with Gasteiger partial charge in [0.2, 0.25) is 0 Å². The van der Waals surface area contributed by atoms with E-state index in [2.05, 4.69) is 0 Å². The summed E-state index contributed by atoms with van der Waals surface area (Å²) in [7, 11) is 0. The van der Waals surface area contributed by atoms with E-state index < -0.39 is 24.4 Å². The number of hydrogen-bond donors (Lipinski definition) is 4. The van der Waals surface area contributed by atoms with E-state index in [4.69, 9.17) is 10.2 Å². The third-order valence-corrected chi connectivity index (χ3v) is 1.88. The van der Waals surface area contributed by atoms with Gasteiger partial charge in [0.1, 0.15) is 12.2 Å². The Balaban J connectivity index is 4.08. The fraction of sp³-hybridized carbons (Fsp3) is 1.00. The first-order chi connectivity index (χ1) is 5.37. The lowest BCUT2D eigenvalue weighted by Gasteiger charge is -2.26. The second-order valence-electron chi connectivity index (χ2n) is 3.46. The maximum absolute atomic E-state index is 9.29. The predicted octanol–water partition coefficient (Wildman–Crippen LogP) is -0.894. The standard InChI is InChI=1S/C8H18O4/c1-4(2)6(10)8(12)7(11)5(3)9/h4-12H,1-3H3/t5-,6+,7-,8-/m0/s1. The lowest BCUT2D eigenvalue weighted by Crippen LogP contribution is -2.45. The first-order valence-electron chi connectivity index (χ1n) is 4.10. The molecule has 0 aromatic heterocycles. The zero-order valence-electron chi connectivity index (χ0n) is 7.68. The Morgan fingerprint density at radius 2 is 1.08 bits per heavy atom.